The summed E-state index contributed by atoms with van der Waals surface area (Å²) in [4.78, 5) is 42.8. The third-order valence-corrected chi connectivity index (χ3v) is 18.1. The van der Waals surface area contributed by atoms with Crippen LogP contribution in [0.25, 0.3) is 0 Å². The van der Waals surface area contributed by atoms with Gasteiger partial charge in [0.2, 0.25) is 0 Å². The summed E-state index contributed by atoms with van der Waals surface area (Å²) in [6.45, 7) is 52.9. The van der Waals surface area contributed by atoms with Crippen molar-refractivity contribution >= 4 is 26.5 Å². The molecule has 9 rings (SSSR count). The summed E-state index contributed by atoms with van der Waals surface area (Å²) in [5.74, 6) is 1.34. The Kier molecular flexibility index (Phi) is 15.0. The second-order valence-corrected chi connectivity index (χ2v) is 31.4. The Labute approximate surface area is 496 Å². The fourth-order valence-electron chi connectivity index (χ4n) is 12.1. The van der Waals surface area contributed by atoms with Gasteiger partial charge in [0, 0.05) is 33.4 Å². The molecule has 0 saturated heterocycles. The highest BCUT2D eigenvalue weighted by Gasteiger charge is 2.50. The van der Waals surface area contributed by atoms with Crippen molar-refractivity contribution in [1.29, 1.82) is 0 Å². The summed E-state index contributed by atoms with van der Waals surface area (Å²) in [7, 11) is -2.29. The van der Waals surface area contributed by atoms with Crippen LogP contribution >= 0.6 is 8.60 Å². The van der Waals surface area contributed by atoms with Crippen LogP contribution in [-0.2, 0) is 52.3 Å². The van der Waals surface area contributed by atoms with Crippen LogP contribution in [0.3, 0.4) is 0 Å². The van der Waals surface area contributed by atoms with Gasteiger partial charge < -0.3 is 27.8 Å². The molecule has 6 aromatic carbocycles. The molecule has 0 amide bonds. The number of fused-ring (bicyclic) bond motifs is 3. The first kappa shape index (κ1) is 61.1. The van der Waals surface area contributed by atoms with Gasteiger partial charge in [0.15, 0.2) is 0 Å². The van der Waals surface area contributed by atoms with Gasteiger partial charge in [-0.05, 0) is 148 Å². The number of hydrogen-bond donors (Lipinski definition) is 0. The minimum absolute atomic E-state index is 0.169. The standard InChI is InChI=1S/C73H89O9P/c1-38-26-44(56-50-32-46(67(7,8)9)34-52(70(16,17)18)61(50)77-64(56)74)27-39(2)58(38)80-83(81-59-40(3)28-45(29-41(59)4)57-51-33-47(68(10,11)12)35-53(71(19,20)21)62(51)78-65(57)75)82-60-42(5)30-49(31-43(60)6)73(25)55-37-48(69(13,14)15)36-54(72(22,23)24)63(55)79-66(73)76/h26-37,56-57H,1-25H3. The Morgan fingerprint density at radius 1 is 0.386 bits per heavy atom. The normalized spacial score (nSPS) is 18.5. The van der Waals surface area contributed by atoms with Gasteiger partial charge in [-0.25, -0.2) is 0 Å². The topological polar surface area (TPSA) is 107 Å². The predicted molar refractivity (Wildman–Crippen MR) is 335 cm³/mol. The van der Waals surface area contributed by atoms with Gasteiger partial charge >= 0.3 is 26.5 Å². The van der Waals surface area contributed by atoms with E-state index in [-0.39, 0.29) is 50.4 Å². The molecule has 0 bridgehead atoms. The highest BCUT2D eigenvalue weighted by molar-refractivity contribution is 7.43. The number of hydrogen-bond acceptors (Lipinski definition) is 9. The second kappa shape index (κ2) is 20.4. The second-order valence-electron chi connectivity index (χ2n) is 30.4. The molecule has 3 aliphatic rings. The van der Waals surface area contributed by atoms with Gasteiger partial charge in [0.25, 0.3) is 0 Å². The largest absolute Gasteiger partial charge is 0.530 e. The van der Waals surface area contributed by atoms with Crippen LogP contribution in [0, 0.1) is 41.5 Å². The lowest BCUT2D eigenvalue weighted by atomic mass is 9.72. The lowest BCUT2D eigenvalue weighted by molar-refractivity contribution is -0.136. The molecule has 6 aromatic rings. The molecule has 3 aliphatic heterocycles. The number of benzene rings is 6. The van der Waals surface area contributed by atoms with Crippen molar-refractivity contribution in [2.24, 2.45) is 0 Å². The monoisotopic (exact) mass is 1140 g/mol. The van der Waals surface area contributed by atoms with E-state index in [0.717, 1.165) is 100 Å². The number of carbonyl (C=O) groups excluding carboxylic acids is 3. The Morgan fingerprint density at radius 2 is 0.687 bits per heavy atom. The molecule has 9 nitrogen and oxygen atoms in total. The Morgan fingerprint density at radius 3 is 1.00 bits per heavy atom. The van der Waals surface area contributed by atoms with Crippen molar-refractivity contribution in [3.05, 3.63) is 173 Å². The minimum Gasteiger partial charge on any atom is -0.425 e. The number of carbonyl (C=O) groups is 3. The Balaban J connectivity index is 1.14. The van der Waals surface area contributed by atoms with Crippen LogP contribution < -0.4 is 27.8 Å². The van der Waals surface area contributed by atoms with Crippen molar-refractivity contribution in [3.63, 3.8) is 0 Å². The smallest absolute Gasteiger partial charge is 0.425 e. The van der Waals surface area contributed by atoms with Gasteiger partial charge in [-0.1, -0.05) is 197 Å². The van der Waals surface area contributed by atoms with Crippen molar-refractivity contribution in [2.45, 2.75) is 223 Å². The zero-order valence-electron chi connectivity index (χ0n) is 54.2. The summed E-state index contributed by atoms with van der Waals surface area (Å²) in [5.41, 5.74) is 13.6. The van der Waals surface area contributed by atoms with Crippen molar-refractivity contribution in [2.75, 3.05) is 0 Å². The zero-order chi connectivity index (χ0) is 61.5. The molecule has 0 fully saturated rings. The molecule has 0 aliphatic carbocycles. The van der Waals surface area contributed by atoms with Crippen LogP contribution in [0.1, 0.15) is 244 Å². The van der Waals surface area contributed by atoms with E-state index in [2.05, 4.69) is 161 Å². The molecular formula is C73H89O9P. The van der Waals surface area contributed by atoms with Gasteiger partial charge in [-0.2, -0.15) is 0 Å². The lowest BCUT2D eigenvalue weighted by Gasteiger charge is -2.29. The molecule has 440 valence electrons. The SMILES string of the molecule is Cc1cc(C2C(=O)Oc3c2cc(C(C)(C)C)cc3C(C)(C)C)cc(C)c1OP(Oc1c(C)cc(C2C(=O)Oc3c2cc(C(C)(C)C)cc3C(C)(C)C)cc1C)Oc1c(C)cc(C2(C)C(=O)Oc3c(C(C)(C)C)cc(C(C)(C)C)cc32)cc1C. The first-order valence-corrected chi connectivity index (χ1v) is 30.5. The molecule has 0 N–H and O–H groups in total. The van der Waals surface area contributed by atoms with Crippen LogP contribution in [0.2, 0.25) is 0 Å². The van der Waals surface area contributed by atoms with E-state index in [1.165, 1.54) is 0 Å². The van der Waals surface area contributed by atoms with Crippen LogP contribution in [0.15, 0.2) is 72.8 Å². The Hall–Kier alpha value is -6.44. The molecule has 3 heterocycles. The zero-order valence-corrected chi connectivity index (χ0v) is 55.1. The molecule has 10 heteroatoms. The quantitative estimate of drug-likeness (QED) is 0.0795. The van der Waals surface area contributed by atoms with Crippen LogP contribution in [-0.4, -0.2) is 17.9 Å². The third-order valence-electron chi connectivity index (χ3n) is 17.2. The molecular weight excluding hydrogens is 1050 g/mol. The molecule has 83 heavy (non-hydrogen) atoms. The number of rotatable bonds is 9. The van der Waals surface area contributed by atoms with Gasteiger partial charge in [0.1, 0.15) is 51.7 Å². The number of ether oxygens (including phenoxy) is 3. The van der Waals surface area contributed by atoms with Gasteiger partial charge in [-0.15, -0.1) is 0 Å². The Bertz CT molecular complexity index is 3460. The van der Waals surface area contributed by atoms with Gasteiger partial charge in [-0.3, -0.25) is 14.4 Å². The maximum atomic E-state index is 14.5. The van der Waals surface area contributed by atoms with Crippen molar-refractivity contribution < 1.29 is 42.2 Å². The molecule has 3 atom stereocenters. The van der Waals surface area contributed by atoms with Crippen molar-refractivity contribution in [3.8, 4) is 34.5 Å². The van der Waals surface area contributed by atoms with Crippen LogP contribution in [0.5, 0.6) is 34.5 Å². The summed E-state index contributed by atoms with van der Waals surface area (Å²) >= 11 is 0. The molecule has 0 radical (unpaired) electrons. The van der Waals surface area contributed by atoms with Crippen molar-refractivity contribution in [1.82, 2.24) is 0 Å². The summed E-state index contributed by atoms with van der Waals surface area (Å²) < 4.78 is 40.0. The molecule has 3 unspecified atom stereocenters. The maximum Gasteiger partial charge on any atom is 0.530 e. The minimum atomic E-state index is -2.29. The third kappa shape index (κ3) is 11.1. The highest BCUT2D eigenvalue weighted by atomic mass is 31.2. The first-order chi connectivity index (χ1) is 38.0. The van der Waals surface area contributed by atoms with E-state index in [1.807, 2.05) is 84.9 Å². The van der Waals surface area contributed by atoms with Gasteiger partial charge in [0.05, 0.1) is 0 Å². The van der Waals surface area contributed by atoms with E-state index < -0.39 is 25.9 Å². The van der Waals surface area contributed by atoms with E-state index in [4.69, 9.17) is 27.8 Å². The number of esters is 3. The van der Waals surface area contributed by atoms with E-state index in [9.17, 15) is 14.4 Å². The fraction of sp³-hybridized carbons (Fsp3) is 0.466. The fourth-order valence-corrected chi connectivity index (χ4v) is 13.5. The van der Waals surface area contributed by atoms with E-state index in [0.29, 0.717) is 34.5 Å². The molecule has 0 aromatic heterocycles. The average molecular weight is 1140 g/mol. The summed E-state index contributed by atoms with van der Waals surface area (Å²) in [6.07, 6.45) is 0. The maximum absolute atomic E-state index is 14.5. The summed E-state index contributed by atoms with van der Waals surface area (Å²) in [6, 6.07) is 25.1. The number of aryl methyl sites for hydroxylation is 6. The van der Waals surface area contributed by atoms with Crippen LogP contribution in [0.4, 0.5) is 0 Å². The van der Waals surface area contributed by atoms with E-state index in [1.54, 1.807) is 0 Å². The first-order valence-electron chi connectivity index (χ1n) is 29.4. The molecule has 0 spiro atoms. The lowest BCUT2D eigenvalue weighted by Crippen LogP contribution is -2.32. The summed E-state index contributed by atoms with van der Waals surface area (Å²) in [5, 5.41) is 0. The highest BCUT2D eigenvalue weighted by Crippen LogP contribution is 2.55. The predicted octanol–water partition coefficient (Wildman–Crippen LogP) is 18.4. The molecule has 0 saturated carbocycles. The van der Waals surface area contributed by atoms with E-state index >= 15 is 0 Å². The average Bonchev–Trinajstić information content (AvgIpc) is 2.31.